The Labute approximate surface area is 117 Å². The summed E-state index contributed by atoms with van der Waals surface area (Å²) in [7, 11) is 0. The molecule has 3 heteroatoms. The van der Waals surface area contributed by atoms with Gasteiger partial charge in [-0.1, -0.05) is 56.1 Å². The maximum atomic E-state index is 12.3. The summed E-state index contributed by atoms with van der Waals surface area (Å²) >= 11 is 6.78. The summed E-state index contributed by atoms with van der Waals surface area (Å²) in [6.07, 6.45) is 0. The van der Waals surface area contributed by atoms with Gasteiger partial charge in [0.25, 0.3) is 0 Å². The Hall–Kier alpha value is -0.930. The second-order valence-electron chi connectivity index (χ2n) is 3.80. The second-order valence-corrected chi connectivity index (χ2v) is 5.63. The number of carbonyl (C=O) groups is 1. The maximum Gasteiger partial charge on any atom is 0.193 e. The van der Waals surface area contributed by atoms with E-state index < -0.39 is 0 Å². The van der Waals surface area contributed by atoms with Gasteiger partial charge in [-0.25, -0.2) is 0 Å². The van der Waals surface area contributed by atoms with E-state index in [2.05, 4.69) is 31.9 Å². The van der Waals surface area contributed by atoms with Crippen molar-refractivity contribution in [3.63, 3.8) is 0 Å². The molecule has 2 aromatic carbocycles. The van der Waals surface area contributed by atoms with Gasteiger partial charge >= 0.3 is 0 Å². The van der Waals surface area contributed by atoms with E-state index >= 15 is 0 Å². The predicted molar refractivity (Wildman–Crippen MR) is 76.5 cm³/mol. The van der Waals surface area contributed by atoms with Crippen molar-refractivity contribution in [2.75, 3.05) is 0 Å². The highest BCUT2D eigenvalue weighted by atomic mass is 79.9. The van der Waals surface area contributed by atoms with Crippen LogP contribution in [0.1, 0.15) is 21.5 Å². The van der Waals surface area contributed by atoms with Crippen molar-refractivity contribution in [1.29, 1.82) is 0 Å². The van der Waals surface area contributed by atoms with Gasteiger partial charge in [0.1, 0.15) is 0 Å². The van der Waals surface area contributed by atoms with E-state index in [1.54, 1.807) is 0 Å². The fourth-order valence-corrected chi connectivity index (χ4v) is 2.96. The highest BCUT2D eigenvalue weighted by Gasteiger charge is 2.12. The molecular weight excluding hydrogens is 344 g/mol. The first-order valence-electron chi connectivity index (χ1n) is 5.14. The Bertz CT molecular complexity index is 556. The first kappa shape index (κ1) is 12.5. The van der Waals surface area contributed by atoms with E-state index in [4.69, 9.17) is 0 Å². The monoisotopic (exact) mass is 352 g/mol. The van der Waals surface area contributed by atoms with Crippen molar-refractivity contribution in [3.05, 3.63) is 68.1 Å². The largest absolute Gasteiger partial charge is 0.289 e. The lowest BCUT2D eigenvalue weighted by Gasteiger charge is -2.05. The van der Waals surface area contributed by atoms with Crippen LogP contribution in [0.3, 0.4) is 0 Å². The quantitative estimate of drug-likeness (QED) is 0.712. The minimum absolute atomic E-state index is 0.0464. The van der Waals surface area contributed by atoms with Gasteiger partial charge in [-0.15, -0.1) is 0 Å². The number of halogens is 2. The van der Waals surface area contributed by atoms with Crippen molar-refractivity contribution in [1.82, 2.24) is 0 Å². The molecule has 2 aromatic rings. The van der Waals surface area contributed by atoms with Crippen LogP contribution in [0.4, 0.5) is 0 Å². The highest BCUT2D eigenvalue weighted by molar-refractivity contribution is 9.11. The van der Waals surface area contributed by atoms with E-state index in [9.17, 15) is 4.79 Å². The Morgan fingerprint density at radius 3 is 2.18 bits per heavy atom. The Balaban J connectivity index is 2.48. The molecule has 1 nitrogen and oxygen atoms in total. The molecule has 0 atom stereocenters. The summed E-state index contributed by atoms with van der Waals surface area (Å²) in [4.78, 5) is 12.3. The van der Waals surface area contributed by atoms with Crippen LogP contribution in [0.5, 0.6) is 0 Å². The molecule has 0 unspecified atom stereocenters. The minimum atomic E-state index is 0.0464. The van der Waals surface area contributed by atoms with Gasteiger partial charge in [0, 0.05) is 20.1 Å². The molecule has 86 valence electrons. The van der Waals surface area contributed by atoms with Crippen LogP contribution in [-0.2, 0) is 0 Å². The summed E-state index contributed by atoms with van der Waals surface area (Å²) in [5.41, 5.74) is 2.42. The van der Waals surface area contributed by atoms with E-state index in [1.807, 2.05) is 49.4 Å². The van der Waals surface area contributed by atoms with Gasteiger partial charge < -0.3 is 0 Å². The lowest BCUT2D eigenvalue weighted by molar-refractivity contribution is 0.103. The smallest absolute Gasteiger partial charge is 0.193 e. The molecule has 0 N–H and O–H groups in total. The first-order valence-corrected chi connectivity index (χ1v) is 6.73. The van der Waals surface area contributed by atoms with Crippen LogP contribution in [0, 0.1) is 6.92 Å². The number of hydrogen-bond donors (Lipinski definition) is 0. The molecule has 0 aliphatic carbocycles. The van der Waals surface area contributed by atoms with Crippen LogP contribution < -0.4 is 0 Å². The Kier molecular flexibility index (Phi) is 3.79. The average molecular weight is 354 g/mol. The second kappa shape index (κ2) is 5.15. The summed E-state index contributed by atoms with van der Waals surface area (Å²) in [6, 6.07) is 13.2. The van der Waals surface area contributed by atoms with Gasteiger partial charge in [0.05, 0.1) is 0 Å². The molecule has 17 heavy (non-hydrogen) atoms. The number of hydrogen-bond acceptors (Lipinski definition) is 1. The van der Waals surface area contributed by atoms with Crippen LogP contribution in [-0.4, -0.2) is 5.78 Å². The van der Waals surface area contributed by atoms with E-state index in [0.717, 1.165) is 20.1 Å². The van der Waals surface area contributed by atoms with E-state index in [1.165, 1.54) is 0 Å². The van der Waals surface area contributed by atoms with Gasteiger partial charge in [0.2, 0.25) is 0 Å². The van der Waals surface area contributed by atoms with Gasteiger partial charge in [-0.2, -0.15) is 0 Å². The zero-order chi connectivity index (χ0) is 12.4. The van der Waals surface area contributed by atoms with Crippen LogP contribution >= 0.6 is 31.9 Å². The third-order valence-corrected chi connectivity index (χ3v) is 3.43. The Morgan fingerprint density at radius 1 is 1.00 bits per heavy atom. The minimum Gasteiger partial charge on any atom is -0.289 e. The molecule has 0 aliphatic rings. The molecule has 0 saturated carbocycles. The maximum absolute atomic E-state index is 12.3. The number of ketones is 1. The van der Waals surface area contributed by atoms with Crippen molar-refractivity contribution in [2.45, 2.75) is 6.92 Å². The zero-order valence-corrected chi connectivity index (χ0v) is 12.4. The topological polar surface area (TPSA) is 17.1 Å². The van der Waals surface area contributed by atoms with Crippen molar-refractivity contribution >= 4 is 37.6 Å². The van der Waals surface area contributed by atoms with Crippen LogP contribution in [0.15, 0.2) is 51.4 Å². The third kappa shape index (κ3) is 2.85. The van der Waals surface area contributed by atoms with Crippen LogP contribution in [0.2, 0.25) is 0 Å². The summed E-state index contributed by atoms with van der Waals surface area (Å²) in [6.45, 7) is 1.94. The van der Waals surface area contributed by atoms with Crippen LogP contribution in [0.25, 0.3) is 0 Å². The van der Waals surface area contributed by atoms with Gasteiger partial charge in [-0.05, 0) is 30.7 Å². The molecule has 2 rings (SSSR count). The lowest BCUT2D eigenvalue weighted by atomic mass is 9.99. The number of aryl methyl sites for hydroxylation is 1. The molecule has 0 aromatic heterocycles. The molecule has 0 fully saturated rings. The third-order valence-electron chi connectivity index (χ3n) is 2.51. The Morgan fingerprint density at radius 2 is 1.59 bits per heavy atom. The fraction of sp³-hybridized carbons (Fsp3) is 0.0714. The summed E-state index contributed by atoms with van der Waals surface area (Å²) < 4.78 is 1.78. The van der Waals surface area contributed by atoms with Gasteiger partial charge in [-0.3, -0.25) is 4.79 Å². The van der Waals surface area contributed by atoms with Gasteiger partial charge in [0.15, 0.2) is 5.78 Å². The summed E-state index contributed by atoms with van der Waals surface area (Å²) in [5.74, 6) is 0.0464. The standard InChI is InChI=1S/C14H10Br2O/c1-9-4-2-3-5-13(9)14(17)10-6-11(15)8-12(16)7-10/h2-8H,1H3. The molecule has 0 aliphatic heterocycles. The van der Waals surface area contributed by atoms with E-state index in [0.29, 0.717) is 5.56 Å². The SMILES string of the molecule is Cc1ccccc1C(=O)c1cc(Br)cc(Br)c1. The number of benzene rings is 2. The van der Waals surface area contributed by atoms with Crippen molar-refractivity contribution < 1.29 is 4.79 Å². The molecule has 0 saturated heterocycles. The zero-order valence-electron chi connectivity index (χ0n) is 9.21. The van der Waals surface area contributed by atoms with Crippen molar-refractivity contribution in [2.24, 2.45) is 0 Å². The van der Waals surface area contributed by atoms with Crippen molar-refractivity contribution in [3.8, 4) is 0 Å². The predicted octanol–water partition coefficient (Wildman–Crippen LogP) is 4.75. The lowest BCUT2D eigenvalue weighted by Crippen LogP contribution is -2.03. The van der Waals surface area contributed by atoms with E-state index in [-0.39, 0.29) is 5.78 Å². The highest BCUT2D eigenvalue weighted by Crippen LogP contribution is 2.22. The molecular formula is C14H10Br2O. The molecule has 0 heterocycles. The molecule has 0 radical (unpaired) electrons. The number of rotatable bonds is 2. The number of carbonyl (C=O) groups excluding carboxylic acids is 1. The fourth-order valence-electron chi connectivity index (χ4n) is 1.67. The molecule has 0 spiro atoms. The molecule has 0 bridgehead atoms. The summed E-state index contributed by atoms with van der Waals surface area (Å²) in [5, 5.41) is 0. The molecule has 0 amide bonds. The normalized spacial score (nSPS) is 10.3. The first-order chi connectivity index (χ1) is 8.08. The average Bonchev–Trinajstić information content (AvgIpc) is 2.27.